The van der Waals surface area contributed by atoms with Crippen LogP contribution in [0.25, 0.3) is 0 Å². The van der Waals surface area contributed by atoms with Gasteiger partial charge in [0.05, 0.1) is 10.8 Å². The molecule has 116 valence electrons. The molecular weight excluding hydrogens is 314 g/mol. The Morgan fingerprint density at radius 3 is 2.35 bits per heavy atom. The van der Waals surface area contributed by atoms with Gasteiger partial charge in [-0.3, -0.25) is 0 Å². The van der Waals surface area contributed by atoms with Crippen LogP contribution in [0.15, 0.2) is 16.3 Å². The third-order valence-corrected chi connectivity index (χ3v) is 6.79. The van der Waals surface area contributed by atoms with E-state index < -0.39 is 10.0 Å². The van der Waals surface area contributed by atoms with Gasteiger partial charge in [-0.05, 0) is 30.2 Å². The van der Waals surface area contributed by atoms with Crippen molar-refractivity contribution in [3.63, 3.8) is 0 Å². The molecule has 0 radical (unpaired) electrons. The monoisotopic (exact) mass is 337 g/mol. The summed E-state index contributed by atoms with van der Waals surface area (Å²) in [6.45, 7) is 8.70. The molecule has 0 spiro atoms. The van der Waals surface area contributed by atoms with Crippen LogP contribution in [-0.2, 0) is 15.9 Å². The van der Waals surface area contributed by atoms with Crippen molar-refractivity contribution in [2.24, 2.45) is 5.92 Å². The number of alkyl halides is 1. The fourth-order valence-corrected chi connectivity index (χ4v) is 5.89. The molecule has 20 heavy (non-hydrogen) atoms. The Hall–Kier alpha value is -0.100. The highest BCUT2D eigenvalue weighted by Crippen LogP contribution is 2.29. The van der Waals surface area contributed by atoms with E-state index in [0.29, 0.717) is 17.4 Å². The molecule has 0 aliphatic rings. The Balaban J connectivity index is 3.23. The minimum absolute atomic E-state index is 0.0467. The number of nitrogens with zero attached hydrogens (tertiary/aromatic N) is 1. The summed E-state index contributed by atoms with van der Waals surface area (Å²) < 4.78 is 27.5. The predicted octanol–water partition coefficient (Wildman–Crippen LogP) is 4.32. The highest BCUT2D eigenvalue weighted by atomic mass is 35.5. The summed E-state index contributed by atoms with van der Waals surface area (Å²) >= 11 is 7.27. The molecule has 6 heteroatoms. The van der Waals surface area contributed by atoms with Crippen molar-refractivity contribution in [1.29, 1.82) is 0 Å². The molecule has 0 N–H and O–H groups in total. The van der Waals surface area contributed by atoms with Gasteiger partial charge in [0.2, 0.25) is 10.0 Å². The molecule has 3 nitrogen and oxygen atoms in total. The van der Waals surface area contributed by atoms with E-state index in [0.717, 1.165) is 17.7 Å². The lowest BCUT2D eigenvalue weighted by atomic mass is 10.1. The van der Waals surface area contributed by atoms with E-state index in [1.54, 1.807) is 15.8 Å². The summed E-state index contributed by atoms with van der Waals surface area (Å²) in [5, 5.41) is 1.80. The second kappa shape index (κ2) is 7.78. The summed E-state index contributed by atoms with van der Waals surface area (Å²) in [4.78, 5) is 1.11. The Kier molecular flexibility index (Phi) is 6.98. The predicted molar refractivity (Wildman–Crippen MR) is 87.0 cm³/mol. The smallest absolute Gasteiger partial charge is 0.207 e. The van der Waals surface area contributed by atoms with Crippen molar-refractivity contribution in [2.75, 3.05) is 6.54 Å². The lowest BCUT2D eigenvalue weighted by Crippen LogP contribution is -2.42. The van der Waals surface area contributed by atoms with E-state index in [-0.39, 0.29) is 11.9 Å². The molecule has 0 aromatic carbocycles. The van der Waals surface area contributed by atoms with E-state index in [2.05, 4.69) is 0 Å². The Bertz CT molecular complexity index is 507. The summed E-state index contributed by atoms with van der Waals surface area (Å²) in [7, 11) is -3.46. The molecule has 0 aliphatic heterocycles. The number of rotatable bonds is 8. The van der Waals surface area contributed by atoms with Crippen LogP contribution in [0.2, 0.25) is 0 Å². The van der Waals surface area contributed by atoms with Gasteiger partial charge in [0.1, 0.15) is 0 Å². The zero-order valence-corrected chi connectivity index (χ0v) is 15.0. The van der Waals surface area contributed by atoms with Gasteiger partial charge in [-0.2, -0.15) is 4.31 Å². The SMILES string of the molecule is CCC(CC)N(CC(C)C)S(=O)(=O)c1ccsc1CCl. The zero-order chi connectivity index (χ0) is 15.3. The van der Waals surface area contributed by atoms with Crippen LogP contribution in [0.3, 0.4) is 0 Å². The normalized spacial score (nSPS) is 12.8. The van der Waals surface area contributed by atoms with Crippen molar-refractivity contribution < 1.29 is 8.42 Å². The van der Waals surface area contributed by atoms with Gasteiger partial charge in [0.25, 0.3) is 0 Å². The maximum atomic E-state index is 12.9. The quantitative estimate of drug-likeness (QED) is 0.662. The van der Waals surface area contributed by atoms with E-state index in [9.17, 15) is 8.42 Å². The number of thiophene rings is 1. The van der Waals surface area contributed by atoms with Gasteiger partial charge >= 0.3 is 0 Å². The van der Waals surface area contributed by atoms with Gasteiger partial charge < -0.3 is 0 Å². The summed E-state index contributed by atoms with van der Waals surface area (Å²) in [6, 6.07) is 1.72. The standard InChI is InChI=1S/C14H24ClNO2S2/c1-5-12(6-2)16(10-11(3)4)20(17,18)14-7-8-19-13(14)9-15/h7-8,11-12H,5-6,9-10H2,1-4H3. The van der Waals surface area contributed by atoms with Gasteiger partial charge in [0.15, 0.2) is 0 Å². The Morgan fingerprint density at radius 1 is 1.30 bits per heavy atom. The van der Waals surface area contributed by atoms with Crippen LogP contribution in [0.5, 0.6) is 0 Å². The van der Waals surface area contributed by atoms with Gasteiger partial charge in [-0.15, -0.1) is 22.9 Å². The first kappa shape index (κ1) is 18.0. The number of sulfonamides is 1. The van der Waals surface area contributed by atoms with E-state index in [1.807, 2.05) is 27.7 Å². The van der Waals surface area contributed by atoms with Crippen LogP contribution in [0, 0.1) is 5.92 Å². The summed E-state index contributed by atoms with van der Waals surface area (Å²) in [6.07, 6.45) is 1.64. The third kappa shape index (κ3) is 3.97. The van der Waals surface area contributed by atoms with E-state index >= 15 is 0 Å². The average molecular weight is 338 g/mol. The largest absolute Gasteiger partial charge is 0.244 e. The molecule has 0 amide bonds. The molecule has 0 atom stereocenters. The molecule has 0 saturated heterocycles. The van der Waals surface area contributed by atoms with Crippen molar-refractivity contribution in [3.05, 3.63) is 16.3 Å². The van der Waals surface area contributed by atoms with Crippen molar-refractivity contribution >= 4 is 33.0 Å². The van der Waals surface area contributed by atoms with Crippen LogP contribution < -0.4 is 0 Å². The first-order valence-corrected chi connectivity index (χ1v) is 9.88. The van der Waals surface area contributed by atoms with Crippen LogP contribution in [0.4, 0.5) is 0 Å². The van der Waals surface area contributed by atoms with Crippen LogP contribution in [0.1, 0.15) is 45.4 Å². The molecule has 1 aromatic rings. The van der Waals surface area contributed by atoms with Gasteiger partial charge in [-0.25, -0.2) is 8.42 Å². The second-order valence-electron chi connectivity index (χ2n) is 5.28. The Labute approximate surface area is 132 Å². The van der Waals surface area contributed by atoms with Gasteiger partial charge in [0, 0.05) is 17.5 Å². The molecule has 0 unspecified atom stereocenters. The minimum atomic E-state index is -3.46. The maximum Gasteiger partial charge on any atom is 0.244 e. The molecule has 0 saturated carbocycles. The van der Waals surface area contributed by atoms with Crippen molar-refractivity contribution in [1.82, 2.24) is 4.31 Å². The molecule has 0 bridgehead atoms. The van der Waals surface area contributed by atoms with Crippen LogP contribution >= 0.6 is 22.9 Å². The molecule has 1 heterocycles. The first-order valence-electron chi connectivity index (χ1n) is 7.02. The van der Waals surface area contributed by atoms with Crippen LogP contribution in [-0.4, -0.2) is 25.3 Å². The summed E-state index contributed by atoms with van der Waals surface area (Å²) in [5.41, 5.74) is 0. The second-order valence-corrected chi connectivity index (χ2v) is 8.41. The summed E-state index contributed by atoms with van der Waals surface area (Å²) in [5.74, 6) is 0.536. The fourth-order valence-electron chi connectivity index (χ4n) is 2.28. The lowest BCUT2D eigenvalue weighted by Gasteiger charge is -2.31. The highest BCUT2D eigenvalue weighted by molar-refractivity contribution is 7.89. The third-order valence-electron chi connectivity index (χ3n) is 3.31. The minimum Gasteiger partial charge on any atom is -0.207 e. The van der Waals surface area contributed by atoms with Gasteiger partial charge in [-0.1, -0.05) is 27.7 Å². The number of hydrogen-bond acceptors (Lipinski definition) is 3. The number of hydrogen-bond donors (Lipinski definition) is 0. The molecule has 0 fully saturated rings. The van der Waals surface area contributed by atoms with Crippen molar-refractivity contribution in [3.8, 4) is 0 Å². The maximum absolute atomic E-state index is 12.9. The fraction of sp³-hybridized carbons (Fsp3) is 0.714. The van der Waals surface area contributed by atoms with E-state index in [1.165, 1.54) is 11.3 Å². The lowest BCUT2D eigenvalue weighted by molar-refractivity contribution is 0.277. The number of halogens is 1. The van der Waals surface area contributed by atoms with E-state index in [4.69, 9.17) is 11.6 Å². The molecule has 1 aromatic heterocycles. The molecule has 1 rings (SSSR count). The average Bonchev–Trinajstić information content (AvgIpc) is 2.87. The van der Waals surface area contributed by atoms with Crippen molar-refractivity contribution in [2.45, 2.75) is 57.4 Å². The Morgan fingerprint density at radius 2 is 1.90 bits per heavy atom. The highest BCUT2D eigenvalue weighted by Gasteiger charge is 2.32. The molecule has 0 aliphatic carbocycles. The first-order chi connectivity index (χ1) is 9.38. The topological polar surface area (TPSA) is 37.4 Å². The zero-order valence-electron chi connectivity index (χ0n) is 12.6. The molecular formula is C14H24ClNO2S2.